The molecule has 0 aromatic heterocycles. The van der Waals surface area contributed by atoms with Crippen molar-refractivity contribution in [1.82, 2.24) is 5.32 Å². The second-order valence-corrected chi connectivity index (χ2v) is 6.25. The lowest BCUT2D eigenvalue weighted by Crippen LogP contribution is -2.26. The third kappa shape index (κ3) is 5.76. The van der Waals surface area contributed by atoms with Crippen LogP contribution in [0.3, 0.4) is 0 Å². The molecule has 0 saturated heterocycles. The zero-order chi connectivity index (χ0) is 17.6. The molecule has 126 valence electrons. The minimum atomic E-state index is -0.530. The van der Waals surface area contributed by atoms with Crippen LogP contribution < -0.4 is 10.1 Å². The molecule has 0 unspecified atom stereocenters. The molecule has 24 heavy (non-hydrogen) atoms. The molecule has 1 N–H and O–H groups in total. The number of amides is 1. The number of hydrogen-bond acceptors (Lipinski definition) is 4. The minimum absolute atomic E-state index is 0.306. The van der Waals surface area contributed by atoms with Gasteiger partial charge in [-0.05, 0) is 50.6 Å². The van der Waals surface area contributed by atoms with Gasteiger partial charge < -0.3 is 14.8 Å². The maximum atomic E-state index is 11.9. The highest BCUT2D eigenvalue weighted by Crippen LogP contribution is 2.13. The fourth-order valence-corrected chi connectivity index (χ4v) is 1.90. The van der Waals surface area contributed by atoms with Crippen LogP contribution in [0.4, 0.5) is 4.79 Å². The van der Waals surface area contributed by atoms with E-state index in [4.69, 9.17) is 9.47 Å². The summed E-state index contributed by atoms with van der Waals surface area (Å²) in [5.74, 6) is 0.112. The first-order valence-corrected chi connectivity index (χ1v) is 7.66. The van der Waals surface area contributed by atoms with Gasteiger partial charge in [-0.1, -0.05) is 30.3 Å². The molecular formula is C19H21NO4. The van der Waals surface area contributed by atoms with Crippen molar-refractivity contribution in [3.05, 3.63) is 65.7 Å². The number of hydrogen-bond donors (Lipinski definition) is 1. The van der Waals surface area contributed by atoms with Gasteiger partial charge in [0.25, 0.3) is 0 Å². The molecule has 1 amide bonds. The van der Waals surface area contributed by atoms with E-state index in [0.29, 0.717) is 17.9 Å². The Morgan fingerprint density at radius 1 is 0.958 bits per heavy atom. The molecule has 0 bridgehead atoms. The van der Waals surface area contributed by atoms with Gasteiger partial charge in [-0.15, -0.1) is 0 Å². The molecule has 0 radical (unpaired) electrons. The summed E-state index contributed by atoms with van der Waals surface area (Å²) in [5.41, 5.74) is 0.797. The molecule has 5 heteroatoms. The van der Waals surface area contributed by atoms with E-state index < -0.39 is 11.7 Å². The summed E-state index contributed by atoms with van der Waals surface area (Å²) in [7, 11) is 0. The number of para-hydroxylation sites is 1. The highest BCUT2D eigenvalue weighted by Gasteiger charge is 2.17. The van der Waals surface area contributed by atoms with Crippen LogP contribution in [0.15, 0.2) is 54.6 Å². The second-order valence-electron chi connectivity index (χ2n) is 6.25. The van der Waals surface area contributed by atoms with Gasteiger partial charge in [0.2, 0.25) is 0 Å². The smallest absolute Gasteiger partial charge is 0.412 e. The Labute approximate surface area is 141 Å². The summed E-state index contributed by atoms with van der Waals surface area (Å²) in [6.07, 6.45) is -0.530. The molecule has 0 atom stereocenters. The van der Waals surface area contributed by atoms with Gasteiger partial charge in [-0.2, -0.15) is 0 Å². The molecule has 2 aromatic carbocycles. The van der Waals surface area contributed by atoms with Gasteiger partial charge in [-0.25, -0.2) is 9.59 Å². The molecule has 0 aliphatic heterocycles. The standard InChI is InChI=1S/C19H21NO4/c1-19(2,3)24-17(21)15-11-9-14(10-12-15)13-20-18(22)23-16-7-5-4-6-8-16/h4-12H,13H2,1-3H3,(H,20,22). The predicted molar refractivity (Wildman–Crippen MR) is 90.9 cm³/mol. The molecule has 0 saturated carbocycles. The Balaban J connectivity index is 1.85. The molecule has 2 rings (SSSR count). The molecule has 0 spiro atoms. The van der Waals surface area contributed by atoms with Crippen molar-refractivity contribution in [2.24, 2.45) is 0 Å². The molecule has 0 aliphatic rings. The Bertz CT molecular complexity index is 688. The first kappa shape index (κ1) is 17.5. The zero-order valence-electron chi connectivity index (χ0n) is 14.0. The van der Waals surface area contributed by atoms with Crippen molar-refractivity contribution in [1.29, 1.82) is 0 Å². The van der Waals surface area contributed by atoms with Crippen molar-refractivity contribution >= 4 is 12.1 Å². The quantitative estimate of drug-likeness (QED) is 0.864. The van der Waals surface area contributed by atoms with E-state index in [0.717, 1.165) is 5.56 Å². The Kier molecular flexibility index (Phi) is 5.58. The van der Waals surface area contributed by atoms with Crippen LogP contribution in [0.2, 0.25) is 0 Å². The number of rotatable bonds is 4. The van der Waals surface area contributed by atoms with Crippen LogP contribution in [0.25, 0.3) is 0 Å². The Morgan fingerprint density at radius 3 is 2.17 bits per heavy atom. The SMILES string of the molecule is CC(C)(C)OC(=O)c1ccc(CNC(=O)Oc2ccccc2)cc1. The van der Waals surface area contributed by atoms with Gasteiger partial charge in [0, 0.05) is 6.54 Å². The fraction of sp³-hybridized carbons (Fsp3) is 0.263. The maximum absolute atomic E-state index is 11.9. The fourth-order valence-electron chi connectivity index (χ4n) is 1.90. The number of carbonyl (C=O) groups is 2. The van der Waals surface area contributed by atoms with E-state index >= 15 is 0 Å². The van der Waals surface area contributed by atoms with E-state index in [1.165, 1.54) is 0 Å². The molecule has 0 fully saturated rings. The van der Waals surface area contributed by atoms with Crippen molar-refractivity contribution < 1.29 is 19.1 Å². The maximum Gasteiger partial charge on any atom is 0.412 e. The summed E-state index contributed by atoms with van der Waals surface area (Å²) in [6, 6.07) is 15.7. The highest BCUT2D eigenvalue weighted by molar-refractivity contribution is 5.89. The summed E-state index contributed by atoms with van der Waals surface area (Å²) in [5, 5.41) is 2.66. The summed E-state index contributed by atoms with van der Waals surface area (Å²) >= 11 is 0. The molecule has 2 aromatic rings. The predicted octanol–water partition coefficient (Wildman–Crippen LogP) is 3.93. The average molecular weight is 327 g/mol. The lowest BCUT2D eigenvalue weighted by Gasteiger charge is -2.19. The highest BCUT2D eigenvalue weighted by atomic mass is 16.6. The third-order valence-electron chi connectivity index (χ3n) is 2.98. The van der Waals surface area contributed by atoms with E-state index in [1.807, 2.05) is 26.8 Å². The van der Waals surface area contributed by atoms with Crippen LogP contribution >= 0.6 is 0 Å². The van der Waals surface area contributed by atoms with Crippen molar-refractivity contribution in [3.8, 4) is 5.75 Å². The summed E-state index contributed by atoms with van der Waals surface area (Å²) in [4.78, 5) is 23.6. The monoisotopic (exact) mass is 327 g/mol. The molecule has 5 nitrogen and oxygen atoms in total. The van der Waals surface area contributed by atoms with E-state index in [9.17, 15) is 9.59 Å². The van der Waals surface area contributed by atoms with Gasteiger partial charge in [-0.3, -0.25) is 0 Å². The number of benzene rings is 2. The van der Waals surface area contributed by atoms with E-state index in [-0.39, 0.29) is 5.97 Å². The number of esters is 1. The Hall–Kier alpha value is -2.82. The van der Waals surface area contributed by atoms with E-state index in [1.54, 1.807) is 48.5 Å². The minimum Gasteiger partial charge on any atom is -0.456 e. The van der Waals surface area contributed by atoms with Gasteiger partial charge in [0.1, 0.15) is 11.4 Å². The van der Waals surface area contributed by atoms with Crippen molar-refractivity contribution in [2.45, 2.75) is 32.9 Å². The second kappa shape index (κ2) is 7.64. The van der Waals surface area contributed by atoms with Crippen LogP contribution in [0.1, 0.15) is 36.7 Å². The molecular weight excluding hydrogens is 306 g/mol. The third-order valence-corrected chi connectivity index (χ3v) is 2.98. The van der Waals surface area contributed by atoms with E-state index in [2.05, 4.69) is 5.32 Å². The summed E-state index contributed by atoms with van der Waals surface area (Å²) < 4.78 is 10.4. The van der Waals surface area contributed by atoms with Crippen molar-refractivity contribution in [3.63, 3.8) is 0 Å². The van der Waals surface area contributed by atoms with Crippen LogP contribution in [-0.4, -0.2) is 17.7 Å². The average Bonchev–Trinajstić information content (AvgIpc) is 2.53. The largest absolute Gasteiger partial charge is 0.456 e. The normalized spacial score (nSPS) is 10.8. The van der Waals surface area contributed by atoms with Crippen LogP contribution in [-0.2, 0) is 11.3 Å². The number of nitrogens with one attached hydrogen (secondary N) is 1. The summed E-state index contributed by atoms with van der Waals surface area (Å²) in [6.45, 7) is 5.77. The van der Waals surface area contributed by atoms with Gasteiger partial charge in [0.05, 0.1) is 5.56 Å². The molecule has 0 aliphatic carbocycles. The number of ether oxygens (including phenoxy) is 2. The first-order chi connectivity index (χ1) is 11.3. The van der Waals surface area contributed by atoms with Gasteiger partial charge >= 0.3 is 12.1 Å². The lowest BCUT2D eigenvalue weighted by atomic mass is 10.1. The molecule has 0 heterocycles. The number of carbonyl (C=O) groups excluding carboxylic acids is 2. The zero-order valence-corrected chi connectivity index (χ0v) is 14.0. The van der Waals surface area contributed by atoms with Gasteiger partial charge in [0.15, 0.2) is 0 Å². The van der Waals surface area contributed by atoms with Crippen molar-refractivity contribution in [2.75, 3.05) is 0 Å². The van der Waals surface area contributed by atoms with Crippen LogP contribution in [0, 0.1) is 0 Å². The first-order valence-electron chi connectivity index (χ1n) is 7.66. The topological polar surface area (TPSA) is 64.6 Å². The lowest BCUT2D eigenvalue weighted by molar-refractivity contribution is 0.00694. The Morgan fingerprint density at radius 2 is 1.58 bits per heavy atom. The van der Waals surface area contributed by atoms with Crippen LogP contribution in [0.5, 0.6) is 5.75 Å².